The van der Waals surface area contributed by atoms with E-state index in [-0.39, 0.29) is 17.5 Å². The van der Waals surface area contributed by atoms with Gasteiger partial charge in [0.2, 0.25) is 11.8 Å². The topological polar surface area (TPSA) is 81.2 Å². The molecular weight excluding hydrogens is 196 g/mol. The minimum Gasteiger partial charge on any atom is -0.493 e. The van der Waals surface area contributed by atoms with Crippen LogP contribution in [0, 0.1) is 0 Å². The van der Waals surface area contributed by atoms with Gasteiger partial charge in [-0.2, -0.15) is 4.98 Å². The first-order chi connectivity index (χ1) is 7.16. The molecule has 1 fully saturated rings. The molecule has 0 spiro atoms. The number of anilines is 1. The Morgan fingerprint density at radius 1 is 1.67 bits per heavy atom. The van der Waals surface area contributed by atoms with Crippen LogP contribution in [0.25, 0.3) is 0 Å². The van der Waals surface area contributed by atoms with Crippen LogP contribution in [0.2, 0.25) is 0 Å². The maximum atomic E-state index is 11.2. The lowest BCUT2D eigenvalue weighted by Gasteiger charge is -2.34. The minimum atomic E-state index is -0.330. The number of nitrogens with zero attached hydrogens (tertiary/aromatic N) is 2. The molecule has 1 aromatic rings. The highest BCUT2D eigenvalue weighted by Gasteiger charge is 2.20. The summed E-state index contributed by atoms with van der Waals surface area (Å²) in [4.78, 5) is 19.7. The van der Waals surface area contributed by atoms with Gasteiger partial charge in [-0.05, 0) is 6.92 Å². The fourth-order valence-corrected chi connectivity index (χ4v) is 1.72. The molecular formula is C9H14N4O2. The zero-order chi connectivity index (χ0) is 10.8. The van der Waals surface area contributed by atoms with Gasteiger partial charge >= 0.3 is 0 Å². The molecule has 0 aliphatic carbocycles. The molecule has 1 aliphatic heterocycles. The summed E-state index contributed by atoms with van der Waals surface area (Å²) in [5.74, 6) is 0.202. The lowest BCUT2D eigenvalue weighted by molar-refractivity contribution is 0.444. The minimum absolute atomic E-state index is 0.237. The number of aromatic nitrogens is 2. The summed E-state index contributed by atoms with van der Waals surface area (Å²) in [7, 11) is 0. The molecule has 0 saturated carbocycles. The van der Waals surface area contributed by atoms with Crippen molar-refractivity contribution in [2.75, 3.05) is 24.5 Å². The van der Waals surface area contributed by atoms with Crippen molar-refractivity contribution in [1.82, 2.24) is 15.3 Å². The van der Waals surface area contributed by atoms with Gasteiger partial charge < -0.3 is 15.3 Å². The van der Waals surface area contributed by atoms with Gasteiger partial charge in [0.05, 0.1) is 6.07 Å². The fraction of sp³-hybridized carbons (Fsp3) is 0.556. The van der Waals surface area contributed by atoms with Crippen molar-refractivity contribution in [3.63, 3.8) is 0 Å². The van der Waals surface area contributed by atoms with Crippen LogP contribution < -0.4 is 15.8 Å². The highest BCUT2D eigenvalue weighted by molar-refractivity contribution is 5.34. The predicted molar refractivity (Wildman–Crippen MR) is 56.2 cm³/mol. The Balaban J connectivity index is 2.31. The summed E-state index contributed by atoms with van der Waals surface area (Å²) in [5, 5.41) is 12.5. The Hall–Kier alpha value is -1.56. The van der Waals surface area contributed by atoms with Crippen molar-refractivity contribution in [2.45, 2.75) is 13.0 Å². The monoisotopic (exact) mass is 210 g/mol. The zero-order valence-corrected chi connectivity index (χ0v) is 8.53. The highest BCUT2D eigenvalue weighted by atomic mass is 16.3. The second-order valence-corrected chi connectivity index (χ2v) is 3.67. The van der Waals surface area contributed by atoms with Crippen LogP contribution >= 0.6 is 0 Å². The third kappa shape index (κ3) is 2.10. The van der Waals surface area contributed by atoms with Crippen LogP contribution in [0.15, 0.2) is 10.9 Å². The Kier molecular flexibility index (Phi) is 2.59. The second-order valence-electron chi connectivity index (χ2n) is 3.67. The Bertz CT molecular complexity index is 403. The first-order valence-electron chi connectivity index (χ1n) is 4.94. The van der Waals surface area contributed by atoms with Crippen molar-refractivity contribution in [1.29, 1.82) is 0 Å². The van der Waals surface area contributed by atoms with Gasteiger partial charge in [0.15, 0.2) is 0 Å². The molecule has 1 aromatic heterocycles. The number of rotatable bonds is 1. The van der Waals surface area contributed by atoms with Gasteiger partial charge in [0, 0.05) is 25.7 Å². The van der Waals surface area contributed by atoms with Crippen molar-refractivity contribution in [3.8, 4) is 5.88 Å². The second kappa shape index (κ2) is 3.90. The molecule has 0 amide bonds. The summed E-state index contributed by atoms with van der Waals surface area (Å²) in [5.41, 5.74) is -0.330. The molecule has 2 rings (SSSR count). The summed E-state index contributed by atoms with van der Waals surface area (Å²) in [6, 6.07) is 1.32. The molecule has 1 unspecified atom stereocenters. The zero-order valence-electron chi connectivity index (χ0n) is 8.53. The third-order valence-corrected chi connectivity index (χ3v) is 2.49. The lowest BCUT2D eigenvalue weighted by Crippen LogP contribution is -2.50. The van der Waals surface area contributed by atoms with E-state index in [2.05, 4.69) is 15.3 Å². The Morgan fingerprint density at radius 3 is 3.13 bits per heavy atom. The van der Waals surface area contributed by atoms with Gasteiger partial charge in [-0.25, -0.2) is 0 Å². The fourth-order valence-electron chi connectivity index (χ4n) is 1.72. The number of piperazine rings is 1. The summed E-state index contributed by atoms with van der Waals surface area (Å²) in [6.45, 7) is 4.51. The van der Waals surface area contributed by atoms with E-state index in [1.807, 2.05) is 11.8 Å². The van der Waals surface area contributed by atoms with Gasteiger partial charge in [-0.1, -0.05) is 0 Å². The first-order valence-corrected chi connectivity index (χ1v) is 4.94. The van der Waals surface area contributed by atoms with Crippen LogP contribution in [0.1, 0.15) is 6.92 Å². The van der Waals surface area contributed by atoms with Crippen molar-refractivity contribution >= 4 is 5.95 Å². The summed E-state index contributed by atoms with van der Waals surface area (Å²) >= 11 is 0. The highest BCUT2D eigenvalue weighted by Crippen LogP contribution is 2.13. The maximum absolute atomic E-state index is 11.2. The van der Waals surface area contributed by atoms with Gasteiger partial charge in [-0.15, -0.1) is 0 Å². The average Bonchev–Trinajstić information content (AvgIpc) is 2.16. The largest absolute Gasteiger partial charge is 0.493 e. The molecule has 1 saturated heterocycles. The standard InChI is InChI=1S/C9H14N4O2/c1-6-5-10-2-3-13(6)9-11-7(14)4-8(15)12-9/h4,6,10H,2-3,5H2,1H3,(H2,11,12,14,15). The number of hydrogen-bond donors (Lipinski definition) is 3. The van der Waals surface area contributed by atoms with Crippen LogP contribution in [0.3, 0.4) is 0 Å². The Morgan fingerprint density at radius 2 is 2.47 bits per heavy atom. The van der Waals surface area contributed by atoms with E-state index in [1.54, 1.807) is 0 Å². The van der Waals surface area contributed by atoms with E-state index in [9.17, 15) is 9.90 Å². The van der Waals surface area contributed by atoms with Crippen molar-refractivity contribution in [2.24, 2.45) is 0 Å². The number of aromatic amines is 1. The molecule has 2 heterocycles. The quantitative estimate of drug-likeness (QED) is 0.569. The number of hydrogen-bond acceptors (Lipinski definition) is 5. The van der Waals surface area contributed by atoms with Gasteiger partial charge in [0.25, 0.3) is 5.56 Å². The average molecular weight is 210 g/mol. The van der Waals surface area contributed by atoms with Crippen LogP contribution in [0.4, 0.5) is 5.95 Å². The van der Waals surface area contributed by atoms with E-state index in [0.717, 1.165) is 25.7 Å². The first kappa shape index (κ1) is 9.97. The van der Waals surface area contributed by atoms with Crippen LogP contribution in [0.5, 0.6) is 5.88 Å². The summed E-state index contributed by atoms with van der Waals surface area (Å²) < 4.78 is 0. The Labute approximate surface area is 87.0 Å². The molecule has 0 radical (unpaired) electrons. The molecule has 15 heavy (non-hydrogen) atoms. The number of nitrogens with one attached hydrogen (secondary N) is 2. The van der Waals surface area contributed by atoms with E-state index < -0.39 is 0 Å². The van der Waals surface area contributed by atoms with Crippen molar-refractivity contribution in [3.05, 3.63) is 16.4 Å². The molecule has 0 bridgehead atoms. The molecule has 3 N–H and O–H groups in total. The van der Waals surface area contributed by atoms with E-state index >= 15 is 0 Å². The molecule has 1 atom stereocenters. The lowest BCUT2D eigenvalue weighted by atomic mass is 10.2. The number of H-pyrrole nitrogens is 1. The SMILES string of the molecule is CC1CNCCN1c1nc(O)cc(=O)[nH]1. The molecule has 6 heteroatoms. The molecule has 82 valence electrons. The van der Waals surface area contributed by atoms with E-state index in [0.29, 0.717) is 5.95 Å². The van der Waals surface area contributed by atoms with Crippen LogP contribution in [-0.2, 0) is 0 Å². The van der Waals surface area contributed by atoms with Crippen LogP contribution in [-0.4, -0.2) is 40.8 Å². The van der Waals surface area contributed by atoms with Gasteiger partial charge in [-0.3, -0.25) is 9.78 Å². The van der Waals surface area contributed by atoms with Crippen molar-refractivity contribution < 1.29 is 5.11 Å². The predicted octanol–water partition coefficient (Wildman–Crippen LogP) is -0.726. The summed E-state index contributed by atoms with van der Waals surface area (Å²) in [6.07, 6.45) is 0. The smallest absolute Gasteiger partial charge is 0.256 e. The number of aromatic hydroxyl groups is 1. The van der Waals surface area contributed by atoms with E-state index in [1.165, 1.54) is 0 Å². The van der Waals surface area contributed by atoms with E-state index in [4.69, 9.17) is 0 Å². The molecule has 6 nitrogen and oxygen atoms in total. The third-order valence-electron chi connectivity index (χ3n) is 2.49. The molecule has 1 aliphatic rings. The maximum Gasteiger partial charge on any atom is 0.256 e. The normalized spacial score (nSPS) is 21.7. The van der Waals surface area contributed by atoms with Gasteiger partial charge in [0.1, 0.15) is 0 Å². The molecule has 0 aromatic carbocycles.